The van der Waals surface area contributed by atoms with Gasteiger partial charge in [-0.2, -0.15) is 0 Å². The molecule has 0 radical (unpaired) electrons. The van der Waals surface area contributed by atoms with Crippen LogP contribution >= 0.6 is 0 Å². The van der Waals surface area contributed by atoms with Gasteiger partial charge < -0.3 is 46.7 Å². The molecule has 80 valence electrons. The van der Waals surface area contributed by atoms with Gasteiger partial charge in [-0.1, -0.05) is 0 Å². The van der Waals surface area contributed by atoms with Crippen molar-refractivity contribution in [2.75, 3.05) is 0 Å². The molecule has 0 aromatic heterocycles. The van der Waals surface area contributed by atoms with E-state index in [0.717, 1.165) is 0 Å². The first-order valence-electron chi connectivity index (χ1n) is 0. The molecule has 16 N–H and O–H groups in total. The molecule has 12 heteroatoms. The van der Waals surface area contributed by atoms with Gasteiger partial charge in [0.15, 0.2) is 0 Å². The third kappa shape index (κ3) is 169. The summed E-state index contributed by atoms with van der Waals surface area (Å²) in [7, 11) is 0. The van der Waals surface area contributed by atoms with E-state index >= 15 is 0 Å². The van der Waals surface area contributed by atoms with Gasteiger partial charge in [-0.3, -0.25) is 0 Å². The molecule has 0 amide bonds. The summed E-state index contributed by atoms with van der Waals surface area (Å²) in [6.07, 6.45) is 0. The molecule has 0 aliphatic carbocycles. The van der Waals surface area contributed by atoms with Crippen LogP contribution in [0, 0.1) is 0 Å². The summed E-state index contributed by atoms with van der Waals surface area (Å²) >= 11 is 0. The SMILES string of the molecule is O.O.O.O.O.O.O.O.[Ba+2].[H-].[H-].[Ti].[Ti].[Zr]. The maximum atomic E-state index is 0. The Balaban J connectivity index is 0. The normalized spacial score (nSPS) is 0. The van der Waals surface area contributed by atoms with E-state index in [2.05, 4.69) is 0 Å². The van der Waals surface area contributed by atoms with Gasteiger partial charge >= 0.3 is 48.9 Å². The molecule has 0 fully saturated rings. The molecule has 0 aromatic carbocycles. The van der Waals surface area contributed by atoms with Crippen LogP contribution in [-0.4, -0.2) is 92.7 Å². The second-order valence-electron chi connectivity index (χ2n) is 0. The summed E-state index contributed by atoms with van der Waals surface area (Å²) in [5.41, 5.74) is 0. The Bertz CT molecular complexity index is 25.3. The zero-order valence-corrected chi connectivity index (χ0v) is 16.2. The molecule has 0 aliphatic heterocycles. The summed E-state index contributed by atoms with van der Waals surface area (Å²) in [4.78, 5) is 0. The minimum absolute atomic E-state index is 0. The van der Waals surface area contributed by atoms with E-state index in [9.17, 15) is 0 Å². The fraction of sp³-hybridized carbons (Fsp3) is 0. The summed E-state index contributed by atoms with van der Waals surface area (Å²) in [6.45, 7) is 0. The molecule has 0 saturated heterocycles. The van der Waals surface area contributed by atoms with Gasteiger partial charge in [0.1, 0.15) is 0 Å². The third-order valence-corrected chi connectivity index (χ3v) is 0. The molecule has 12 heavy (non-hydrogen) atoms. The van der Waals surface area contributed by atoms with Gasteiger partial charge in [-0.15, -0.1) is 0 Å². The topological polar surface area (TPSA) is 252 Å². The first-order chi connectivity index (χ1) is 0. The Morgan fingerprint density at radius 2 is 0.417 bits per heavy atom. The summed E-state index contributed by atoms with van der Waals surface area (Å²) < 4.78 is 0. The van der Waals surface area contributed by atoms with Crippen LogP contribution in [0.4, 0.5) is 0 Å². The summed E-state index contributed by atoms with van der Waals surface area (Å²) in [5.74, 6) is 0. The largest absolute Gasteiger partial charge is 2.00 e. The second-order valence-corrected chi connectivity index (χ2v) is 0. The molecule has 8 nitrogen and oxygen atoms in total. The molecule has 0 rings (SSSR count). The molecule has 0 saturated carbocycles. The smallest absolute Gasteiger partial charge is 1.00 e. The van der Waals surface area contributed by atoms with E-state index in [1.165, 1.54) is 0 Å². The third-order valence-electron chi connectivity index (χ3n) is 0. The maximum absolute atomic E-state index is 0. The first-order valence-corrected chi connectivity index (χ1v) is 0. The molecule has 0 aliphatic rings. The van der Waals surface area contributed by atoms with Crippen LogP contribution < -0.4 is 0 Å². The van der Waals surface area contributed by atoms with Crippen molar-refractivity contribution in [3.05, 3.63) is 0 Å². The molecule has 0 aromatic rings. The van der Waals surface area contributed by atoms with Crippen molar-refractivity contribution in [2.45, 2.75) is 0 Å². The number of hydrogen-bond acceptors (Lipinski definition) is 0. The van der Waals surface area contributed by atoms with E-state index in [1.54, 1.807) is 0 Å². The van der Waals surface area contributed by atoms with Gasteiger partial charge in [-0.25, -0.2) is 0 Å². The molecular formula is H18BaO8Ti2Zr. The minimum Gasteiger partial charge on any atom is -1.00 e. The van der Waals surface area contributed by atoms with Crippen LogP contribution in [0.5, 0.6) is 0 Å². The van der Waals surface area contributed by atoms with Crippen LogP contribution in [-0.2, 0) is 69.6 Å². The fourth-order valence-electron chi connectivity index (χ4n) is 0. The van der Waals surface area contributed by atoms with Crippen molar-refractivity contribution in [2.24, 2.45) is 0 Å². The van der Waals surface area contributed by atoms with Crippen LogP contribution in [0.15, 0.2) is 0 Å². The van der Waals surface area contributed by atoms with E-state index in [4.69, 9.17) is 0 Å². The molecule has 0 unspecified atom stereocenters. The monoisotopic (exact) mass is 470 g/mol. The Labute approximate surface area is 162 Å². The van der Waals surface area contributed by atoms with Crippen LogP contribution in [0.2, 0.25) is 0 Å². The van der Waals surface area contributed by atoms with Gasteiger partial charge in [0.05, 0.1) is 0 Å². The van der Waals surface area contributed by atoms with E-state index in [0.29, 0.717) is 0 Å². The average molecular weight is 470 g/mol. The number of hydrogen-bond donors (Lipinski definition) is 0. The van der Waals surface area contributed by atoms with Gasteiger partial charge in [0.2, 0.25) is 0 Å². The average Bonchev–Trinajstić information content (AvgIpc) is 0. The van der Waals surface area contributed by atoms with Crippen molar-refractivity contribution < 1.29 is 116 Å². The van der Waals surface area contributed by atoms with E-state index in [-0.39, 0.29) is 165 Å². The zero-order chi connectivity index (χ0) is 0. The van der Waals surface area contributed by atoms with E-state index < -0.39 is 0 Å². The Hall–Kier alpha value is 3.56. The van der Waals surface area contributed by atoms with Crippen molar-refractivity contribution >= 4 is 48.9 Å². The molecule has 0 spiro atoms. The Morgan fingerprint density at radius 1 is 0.417 bits per heavy atom. The van der Waals surface area contributed by atoms with Crippen molar-refractivity contribution in [3.63, 3.8) is 0 Å². The summed E-state index contributed by atoms with van der Waals surface area (Å²) in [6, 6.07) is 0. The molecular weight excluding hydrogens is 452 g/mol. The van der Waals surface area contributed by atoms with E-state index in [1.807, 2.05) is 0 Å². The predicted molar refractivity (Wildman–Crippen MR) is 36.9 cm³/mol. The minimum atomic E-state index is 0. The zero-order valence-electron chi connectivity index (χ0n) is 8.21. The van der Waals surface area contributed by atoms with Crippen LogP contribution in [0.25, 0.3) is 0 Å². The van der Waals surface area contributed by atoms with Crippen LogP contribution in [0.1, 0.15) is 2.85 Å². The predicted octanol–water partition coefficient (Wildman–Crippen LogP) is -6.76. The molecule has 0 atom stereocenters. The van der Waals surface area contributed by atoms with Gasteiger partial charge in [0.25, 0.3) is 0 Å². The Kier molecular flexibility index (Phi) is 4570. The fourth-order valence-corrected chi connectivity index (χ4v) is 0. The maximum Gasteiger partial charge on any atom is 2.00 e. The van der Waals surface area contributed by atoms with Gasteiger partial charge in [-0.05, 0) is 0 Å². The standard InChI is InChI=1S/Ba.8H2O.2Ti.Zr.2H/h;8*1H2;;;;;/q+2;;;;;;;;;;;;2*-1. The van der Waals surface area contributed by atoms with Gasteiger partial charge in [0, 0.05) is 69.6 Å². The second kappa shape index (κ2) is 211. The Morgan fingerprint density at radius 3 is 0.417 bits per heavy atom. The molecule has 0 heterocycles. The van der Waals surface area contributed by atoms with Crippen molar-refractivity contribution in [1.29, 1.82) is 0 Å². The van der Waals surface area contributed by atoms with Crippen molar-refractivity contribution in [1.82, 2.24) is 0 Å². The van der Waals surface area contributed by atoms with Crippen molar-refractivity contribution in [3.8, 4) is 0 Å². The molecule has 0 bridgehead atoms. The number of rotatable bonds is 0. The summed E-state index contributed by atoms with van der Waals surface area (Å²) in [5, 5.41) is 0. The van der Waals surface area contributed by atoms with Crippen LogP contribution in [0.3, 0.4) is 0 Å². The quantitative estimate of drug-likeness (QED) is 0.299. The first kappa shape index (κ1) is 260.